The van der Waals surface area contributed by atoms with E-state index in [2.05, 4.69) is 32.9 Å². The molecule has 0 rings (SSSR count). The zero-order valence-electron chi connectivity index (χ0n) is 37.0. The summed E-state index contributed by atoms with van der Waals surface area (Å²) < 4.78 is 16.7. The monoisotopic (exact) mass is 777 g/mol. The highest BCUT2D eigenvalue weighted by molar-refractivity contribution is 5.71. The van der Waals surface area contributed by atoms with Gasteiger partial charge in [0.2, 0.25) is 0 Å². The van der Waals surface area contributed by atoms with Crippen LogP contribution in [0.5, 0.6) is 0 Å². The van der Waals surface area contributed by atoms with Crippen LogP contribution in [0.3, 0.4) is 0 Å². The molecule has 0 radical (unpaired) electrons. The Morgan fingerprint density at radius 2 is 0.636 bits per heavy atom. The Balaban J connectivity index is 4.28. The summed E-state index contributed by atoms with van der Waals surface area (Å²) in [5, 5.41) is 0. The summed E-state index contributed by atoms with van der Waals surface area (Å²) in [7, 11) is 0. The largest absolute Gasteiger partial charge is 0.462 e. The van der Waals surface area contributed by atoms with Gasteiger partial charge in [-0.2, -0.15) is 0 Å². The molecule has 324 valence electrons. The van der Waals surface area contributed by atoms with Gasteiger partial charge in [0.1, 0.15) is 13.2 Å². The maximum absolute atomic E-state index is 12.7. The van der Waals surface area contributed by atoms with Crippen molar-refractivity contribution in [2.45, 2.75) is 271 Å². The number of carbonyl (C=O) groups excluding carboxylic acids is 3. The van der Waals surface area contributed by atoms with E-state index in [1.807, 2.05) is 0 Å². The average molecular weight is 777 g/mol. The summed E-state index contributed by atoms with van der Waals surface area (Å²) in [5.41, 5.74) is 0. The van der Waals surface area contributed by atoms with Crippen molar-refractivity contribution in [3.8, 4) is 0 Å². The van der Waals surface area contributed by atoms with Crippen LogP contribution >= 0.6 is 0 Å². The standard InChI is InChI=1S/C49H92O6/c1-4-7-10-13-16-19-22-23-24-25-26-28-30-33-36-39-42-48(51)54-45-46(44-53-47(50)41-38-35-32-29-21-18-15-12-9-6-3)55-49(52)43-40-37-34-31-27-20-17-14-11-8-5-2/h12,15,46H,4-11,13-14,16-45H2,1-3H3/b15-12-. The quantitative estimate of drug-likeness (QED) is 0.0265. The molecule has 0 aliphatic carbocycles. The lowest BCUT2D eigenvalue weighted by Crippen LogP contribution is -2.30. The molecule has 55 heavy (non-hydrogen) atoms. The number of carbonyl (C=O) groups is 3. The van der Waals surface area contributed by atoms with Gasteiger partial charge in [0, 0.05) is 19.3 Å². The summed E-state index contributed by atoms with van der Waals surface area (Å²) in [5.74, 6) is -0.868. The molecule has 1 unspecified atom stereocenters. The summed E-state index contributed by atoms with van der Waals surface area (Å²) in [6.45, 7) is 6.58. The van der Waals surface area contributed by atoms with Crippen molar-refractivity contribution in [1.82, 2.24) is 0 Å². The SMILES string of the molecule is CCC/C=C\CCCCCCCC(=O)OCC(COC(=O)CCCCCCCCCCCCCCCCCC)OC(=O)CCCCCCCCCCCCC. The van der Waals surface area contributed by atoms with Crippen LogP contribution in [0.1, 0.15) is 265 Å². The topological polar surface area (TPSA) is 78.9 Å². The zero-order chi connectivity index (χ0) is 40.1. The second-order valence-electron chi connectivity index (χ2n) is 16.4. The number of esters is 3. The number of ether oxygens (including phenoxy) is 3. The van der Waals surface area contributed by atoms with E-state index in [4.69, 9.17) is 14.2 Å². The Kier molecular flexibility index (Phi) is 43.4. The summed E-state index contributed by atoms with van der Waals surface area (Å²) in [6, 6.07) is 0. The van der Waals surface area contributed by atoms with E-state index in [1.165, 1.54) is 154 Å². The molecule has 0 aliphatic heterocycles. The van der Waals surface area contributed by atoms with Crippen LogP contribution < -0.4 is 0 Å². The highest BCUT2D eigenvalue weighted by Gasteiger charge is 2.19. The van der Waals surface area contributed by atoms with Gasteiger partial charge in [0.25, 0.3) is 0 Å². The fraction of sp³-hybridized carbons (Fsp3) is 0.898. The van der Waals surface area contributed by atoms with Crippen molar-refractivity contribution < 1.29 is 28.6 Å². The first kappa shape index (κ1) is 53.1. The Morgan fingerprint density at radius 1 is 0.345 bits per heavy atom. The molecule has 0 bridgehead atoms. The van der Waals surface area contributed by atoms with Crippen LogP contribution in [0.25, 0.3) is 0 Å². The van der Waals surface area contributed by atoms with Gasteiger partial charge in [-0.15, -0.1) is 0 Å². The second kappa shape index (κ2) is 44.9. The van der Waals surface area contributed by atoms with E-state index in [0.717, 1.165) is 70.6 Å². The van der Waals surface area contributed by atoms with Crippen molar-refractivity contribution in [3.05, 3.63) is 12.2 Å². The fourth-order valence-corrected chi connectivity index (χ4v) is 7.09. The van der Waals surface area contributed by atoms with Gasteiger partial charge in [0.05, 0.1) is 0 Å². The summed E-state index contributed by atoms with van der Waals surface area (Å²) in [4.78, 5) is 37.7. The molecule has 0 N–H and O–H groups in total. The first-order chi connectivity index (χ1) is 27.0. The third-order valence-electron chi connectivity index (χ3n) is 10.8. The molecule has 0 saturated heterocycles. The third kappa shape index (κ3) is 43.1. The van der Waals surface area contributed by atoms with Gasteiger partial charge >= 0.3 is 17.9 Å². The molecular formula is C49H92O6. The number of allylic oxidation sites excluding steroid dienone is 2. The van der Waals surface area contributed by atoms with Crippen molar-refractivity contribution in [3.63, 3.8) is 0 Å². The van der Waals surface area contributed by atoms with Crippen LogP contribution in [0.15, 0.2) is 12.2 Å². The lowest BCUT2D eigenvalue weighted by Gasteiger charge is -2.18. The minimum Gasteiger partial charge on any atom is -0.462 e. The van der Waals surface area contributed by atoms with Crippen LogP contribution in [0.2, 0.25) is 0 Å². The van der Waals surface area contributed by atoms with Crippen molar-refractivity contribution in [2.75, 3.05) is 13.2 Å². The van der Waals surface area contributed by atoms with Crippen molar-refractivity contribution in [2.24, 2.45) is 0 Å². The van der Waals surface area contributed by atoms with Gasteiger partial charge < -0.3 is 14.2 Å². The number of unbranched alkanes of at least 4 members (excludes halogenated alkanes) is 31. The van der Waals surface area contributed by atoms with Crippen LogP contribution in [-0.2, 0) is 28.6 Å². The molecule has 6 heteroatoms. The lowest BCUT2D eigenvalue weighted by molar-refractivity contribution is -0.167. The van der Waals surface area contributed by atoms with Gasteiger partial charge in [-0.05, 0) is 38.5 Å². The minimum atomic E-state index is -0.764. The maximum atomic E-state index is 12.7. The molecule has 0 heterocycles. The number of hydrogen-bond acceptors (Lipinski definition) is 6. The second-order valence-corrected chi connectivity index (χ2v) is 16.4. The van der Waals surface area contributed by atoms with Crippen LogP contribution in [0, 0.1) is 0 Å². The molecule has 0 amide bonds. The van der Waals surface area contributed by atoms with E-state index in [1.54, 1.807) is 0 Å². The average Bonchev–Trinajstić information content (AvgIpc) is 3.18. The Labute approximate surface area is 341 Å². The lowest BCUT2D eigenvalue weighted by atomic mass is 10.0. The maximum Gasteiger partial charge on any atom is 0.306 e. The van der Waals surface area contributed by atoms with Crippen molar-refractivity contribution >= 4 is 17.9 Å². The highest BCUT2D eigenvalue weighted by atomic mass is 16.6. The minimum absolute atomic E-state index is 0.0678. The van der Waals surface area contributed by atoms with Gasteiger partial charge in [-0.1, -0.05) is 219 Å². The predicted molar refractivity (Wildman–Crippen MR) is 233 cm³/mol. The molecule has 0 aromatic heterocycles. The fourth-order valence-electron chi connectivity index (χ4n) is 7.09. The van der Waals surface area contributed by atoms with E-state index in [9.17, 15) is 14.4 Å². The smallest absolute Gasteiger partial charge is 0.306 e. The van der Waals surface area contributed by atoms with E-state index >= 15 is 0 Å². The number of hydrogen-bond donors (Lipinski definition) is 0. The zero-order valence-corrected chi connectivity index (χ0v) is 37.0. The first-order valence-electron chi connectivity index (χ1n) is 24.2. The van der Waals surface area contributed by atoms with Gasteiger partial charge in [-0.3, -0.25) is 14.4 Å². The Morgan fingerprint density at radius 3 is 0.982 bits per heavy atom. The van der Waals surface area contributed by atoms with E-state index < -0.39 is 6.10 Å². The number of rotatable bonds is 44. The molecule has 0 aromatic carbocycles. The third-order valence-corrected chi connectivity index (χ3v) is 10.8. The predicted octanol–water partition coefficient (Wildman–Crippen LogP) is 15.4. The highest BCUT2D eigenvalue weighted by Crippen LogP contribution is 2.16. The van der Waals surface area contributed by atoms with Gasteiger partial charge in [-0.25, -0.2) is 0 Å². The van der Waals surface area contributed by atoms with Gasteiger partial charge in [0.15, 0.2) is 6.10 Å². The molecule has 0 saturated carbocycles. The molecule has 6 nitrogen and oxygen atoms in total. The molecule has 0 aromatic rings. The van der Waals surface area contributed by atoms with E-state index in [0.29, 0.717) is 19.3 Å². The summed E-state index contributed by atoms with van der Waals surface area (Å²) >= 11 is 0. The van der Waals surface area contributed by atoms with Crippen LogP contribution in [0.4, 0.5) is 0 Å². The first-order valence-corrected chi connectivity index (χ1v) is 24.2. The molecule has 1 atom stereocenters. The van der Waals surface area contributed by atoms with Crippen LogP contribution in [-0.4, -0.2) is 37.2 Å². The summed E-state index contributed by atoms with van der Waals surface area (Å²) in [6.07, 6.45) is 47.7. The Bertz CT molecular complexity index is 854. The molecule has 0 fully saturated rings. The van der Waals surface area contributed by atoms with E-state index in [-0.39, 0.29) is 31.1 Å². The Hall–Kier alpha value is -1.85. The molecular weight excluding hydrogens is 685 g/mol. The normalized spacial score (nSPS) is 12.0. The van der Waals surface area contributed by atoms with Crippen molar-refractivity contribution in [1.29, 1.82) is 0 Å². The molecule has 0 spiro atoms. The molecule has 0 aliphatic rings.